The van der Waals surface area contributed by atoms with Gasteiger partial charge in [0.05, 0.1) is 23.8 Å². The third-order valence-electron chi connectivity index (χ3n) is 3.22. The van der Waals surface area contributed by atoms with Crippen molar-refractivity contribution in [1.82, 2.24) is 5.32 Å². The first-order valence-corrected chi connectivity index (χ1v) is 5.93. The molecule has 0 bridgehead atoms. The molecule has 1 saturated carbocycles. The minimum Gasteiger partial charge on any atom is -0.463 e. The van der Waals surface area contributed by atoms with Gasteiger partial charge in [0.25, 0.3) is 0 Å². The summed E-state index contributed by atoms with van der Waals surface area (Å²) in [5, 5.41) is 12.2. The number of nitrogens with zero attached hydrogens (tertiary/aromatic N) is 1. The lowest BCUT2D eigenvalue weighted by atomic mass is 9.84. The van der Waals surface area contributed by atoms with Crippen molar-refractivity contribution < 1.29 is 9.53 Å². The fraction of sp³-hybridized carbons (Fsp3) is 0.538. The number of allylic oxidation sites excluding steroid dienone is 2. The number of esters is 1. The summed E-state index contributed by atoms with van der Waals surface area (Å²) >= 11 is 0. The Kier molecular flexibility index (Phi) is 3.19. The summed E-state index contributed by atoms with van der Waals surface area (Å²) in [5.41, 5.74) is 2.12. The molecule has 0 radical (unpaired) electrons. The average molecular weight is 232 g/mol. The molecule has 0 aromatic heterocycles. The standard InChI is InChI=1S/C13H16N2O2/c1-3-17-13(16)11-7-15-8(2)10(6-14)12(11)9-4-5-9/h7,9,12,15H,3-5H2,1-2H3/t12-/m1/s1. The number of hydrogen-bond acceptors (Lipinski definition) is 4. The summed E-state index contributed by atoms with van der Waals surface area (Å²) in [5.74, 6) is 0.0507. The van der Waals surface area contributed by atoms with E-state index in [0.29, 0.717) is 23.7 Å². The van der Waals surface area contributed by atoms with Gasteiger partial charge in [-0.3, -0.25) is 0 Å². The van der Waals surface area contributed by atoms with Gasteiger partial charge >= 0.3 is 5.97 Å². The molecule has 4 heteroatoms. The van der Waals surface area contributed by atoms with Gasteiger partial charge in [-0.2, -0.15) is 5.26 Å². The monoisotopic (exact) mass is 232 g/mol. The van der Waals surface area contributed by atoms with Gasteiger partial charge in [0, 0.05) is 17.8 Å². The van der Waals surface area contributed by atoms with Crippen LogP contribution in [-0.4, -0.2) is 12.6 Å². The highest BCUT2D eigenvalue weighted by Gasteiger charge is 2.41. The molecule has 90 valence electrons. The van der Waals surface area contributed by atoms with E-state index in [9.17, 15) is 10.1 Å². The maximum atomic E-state index is 11.8. The van der Waals surface area contributed by atoms with Gasteiger partial charge in [0.1, 0.15) is 0 Å². The number of nitriles is 1. The topological polar surface area (TPSA) is 62.1 Å². The molecule has 2 rings (SSSR count). The van der Waals surface area contributed by atoms with Crippen LogP contribution in [-0.2, 0) is 9.53 Å². The molecular weight excluding hydrogens is 216 g/mol. The van der Waals surface area contributed by atoms with Crippen LogP contribution in [0.3, 0.4) is 0 Å². The highest BCUT2D eigenvalue weighted by molar-refractivity contribution is 5.90. The van der Waals surface area contributed by atoms with Gasteiger partial charge in [-0.25, -0.2) is 4.79 Å². The van der Waals surface area contributed by atoms with E-state index in [1.165, 1.54) is 0 Å². The third-order valence-corrected chi connectivity index (χ3v) is 3.22. The zero-order chi connectivity index (χ0) is 12.4. The van der Waals surface area contributed by atoms with Gasteiger partial charge in [0.15, 0.2) is 0 Å². The summed E-state index contributed by atoms with van der Waals surface area (Å²) in [6.07, 6.45) is 3.86. The van der Waals surface area contributed by atoms with Crippen LogP contribution >= 0.6 is 0 Å². The van der Waals surface area contributed by atoms with Crippen LogP contribution in [0.4, 0.5) is 0 Å². The van der Waals surface area contributed by atoms with Crippen LogP contribution in [0, 0.1) is 23.2 Å². The second kappa shape index (κ2) is 4.62. The van der Waals surface area contributed by atoms with Crippen LogP contribution in [0.5, 0.6) is 0 Å². The SMILES string of the molecule is CCOC(=O)C1=CNC(C)=C(C#N)[C@H]1C1CC1. The van der Waals surface area contributed by atoms with Crippen molar-refractivity contribution in [2.45, 2.75) is 26.7 Å². The van der Waals surface area contributed by atoms with E-state index >= 15 is 0 Å². The van der Waals surface area contributed by atoms with Crippen LogP contribution in [0.2, 0.25) is 0 Å². The Morgan fingerprint density at radius 2 is 2.35 bits per heavy atom. The zero-order valence-corrected chi connectivity index (χ0v) is 10.1. The number of carbonyl (C=O) groups is 1. The zero-order valence-electron chi connectivity index (χ0n) is 10.1. The lowest BCUT2D eigenvalue weighted by molar-refractivity contribution is -0.139. The maximum Gasteiger partial charge on any atom is 0.336 e. The van der Waals surface area contributed by atoms with Crippen molar-refractivity contribution in [3.8, 4) is 6.07 Å². The molecule has 1 fully saturated rings. The Bertz CT molecular complexity index is 439. The van der Waals surface area contributed by atoms with Gasteiger partial charge in [0.2, 0.25) is 0 Å². The summed E-state index contributed by atoms with van der Waals surface area (Å²) < 4.78 is 5.04. The van der Waals surface area contributed by atoms with E-state index in [2.05, 4.69) is 11.4 Å². The van der Waals surface area contributed by atoms with E-state index in [1.54, 1.807) is 13.1 Å². The first kappa shape index (κ1) is 11.7. The maximum absolute atomic E-state index is 11.8. The van der Waals surface area contributed by atoms with E-state index in [-0.39, 0.29) is 11.9 Å². The number of hydrogen-bond donors (Lipinski definition) is 1. The molecule has 1 atom stereocenters. The Hall–Kier alpha value is -1.76. The Labute approximate surface area is 101 Å². The van der Waals surface area contributed by atoms with Crippen molar-refractivity contribution in [3.05, 3.63) is 23.0 Å². The number of nitrogens with one attached hydrogen (secondary N) is 1. The quantitative estimate of drug-likeness (QED) is 0.754. The fourth-order valence-electron chi connectivity index (χ4n) is 2.22. The van der Waals surface area contributed by atoms with E-state index in [4.69, 9.17) is 4.74 Å². The predicted molar refractivity (Wildman–Crippen MR) is 62.4 cm³/mol. The average Bonchev–Trinajstić information content (AvgIpc) is 3.12. The van der Waals surface area contributed by atoms with Gasteiger partial charge in [-0.05, 0) is 32.6 Å². The number of rotatable bonds is 3. The fourth-order valence-corrected chi connectivity index (χ4v) is 2.22. The summed E-state index contributed by atoms with van der Waals surface area (Å²) in [4.78, 5) is 11.8. The predicted octanol–water partition coefficient (Wildman–Crippen LogP) is 1.86. The molecule has 1 N–H and O–H groups in total. The third kappa shape index (κ3) is 2.19. The Morgan fingerprint density at radius 1 is 1.65 bits per heavy atom. The van der Waals surface area contributed by atoms with Crippen molar-refractivity contribution in [2.24, 2.45) is 11.8 Å². The van der Waals surface area contributed by atoms with Crippen LogP contribution < -0.4 is 5.32 Å². The van der Waals surface area contributed by atoms with Crippen LogP contribution in [0.1, 0.15) is 26.7 Å². The molecule has 2 aliphatic rings. The minimum absolute atomic E-state index is 0.0692. The molecule has 0 amide bonds. The molecule has 0 saturated heterocycles. The number of carbonyl (C=O) groups excluding carboxylic acids is 1. The molecule has 17 heavy (non-hydrogen) atoms. The van der Waals surface area contributed by atoms with E-state index in [0.717, 1.165) is 18.5 Å². The summed E-state index contributed by atoms with van der Waals surface area (Å²) in [6, 6.07) is 2.22. The normalized spacial score (nSPS) is 23.6. The van der Waals surface area contributed by atoms with Gasteiger partial charge in [-0.1, -0.05) is 0 Å². The van der Waals surface area contributed by atoms with Crippen LogP contribution in [0.15, 0.2) is 23.0 Å². The highest BCUT2D eigenvalue weighted by atomic mass is 16.5. The molecule has 0 unspecified atom stereocenters. The van der Waals surface area contributed by atoms with E-state index in [1.807, 2.05) is 6.92 Å². The summed E-state index contributed by atoms with van der Waals surface area (Å²) in [6.45, 7) is 4.01. The second-order valence-electron chi connectivity index (χ2n) is 4.43. The first-order chi connectivity index (χ1) is 8.19. The van der Waals surface area contributed by atoms with E-state index < -0.39 is 0 Å². The van der Waals surface area contributed by atoms with Crippen molar-refractivity contribution in [3.63, 3.8) is 0 Å². The number of dihydropyridines is 1. The highest BCUT2D eigenvalue weighted by Crippen LogP contribution is 2.45. The van der Waals surface area contributed by atoms with Crippen LogP contribution in [0.25, 0.3) is 0 Å². The molecule has 4 nitrogen and oxygen atoms in total. The van der Waals surface area contributed by atoms with Gasteiger partial charge in [-0.15, -0.1) is 0 Å². The largest absolute Gasteiger partial charge is 0.463 e. The lowest BCUT2D eigenvalue weighted by Gasteiger charge is -2.24. The molecule has 0 aromatic rings. The van der Waals surface area contributed by atoms with Crippen molar-refractivity contribution in [1.29, 1.82) is 5.26 Å². The first-order valence-electron chi connectivity index (χ1n) is 5.93. The summed E-state index contributed by atoms with van der Waals surface area (Å²) in [7, 11) is 0. The van der Waals surface area contributed by atoms with Crippen molar-refractivity contribution in [2.75, 3.05) is 6.61 Å². The van der Waals surface area contributed by atoms with Crippen molar-refractivity contribution >= 4 is 5.97 Å². The molecule has 1 aliphatic carbocycles. The second-order valence-corrected chi connectivity index (χ2v) is 4.43. The molecule has 0 spiro atoms. The Balaban J connectivity index is 2.28. The number of ether oxygens (including phenoxy) is 1. The minimum atomic E-state index is -0.308. The molecule has 1 heterocycles. The molecule has 0 aromatic carbocycles. The molecular formula is C13H16N2O2. The Morgan fingerprint density at radius 3 is 2.88 bits per heavy atom. The van der Waals surface area contributed by atoms with Gasteiger partial charge < -0.3 is 10.1 Å². The lowest BCUT2D eigenvalue weighted by Crippen LogP contribution is -2.27. The smallest absolute Gasteiger partial charge is 0.336 e. The molecule has 1 aliphatic heterocycles.